The molecular formula is C20H32ClN3O3. The van der Waals surface area contributed by atoms with Gasteiger partial charge >= 0.3 is 0 Å². The minimum Gasteiger partial charge on any atom is -0.494 e. The van der Waals surface area contributed by atoms with E-state index in [0.717, 1.165) is 70.2 Å². The van der Waals surface area contributed by atoms with Gasteiger partial charge in [0.2, 0.25) is 5.91 Å². The highest BCUT2D eigenvalue weighted by molar-refractivity contribution is 5.85. The number of benzene rings is 1. The molecule has 2 saturated heterocycles. The lowest BCUT2D eigenvalue weighted by Gasteiger charge is -2.33. The first-order valence-corrected chi connectivity index (χ1v) is 9.78. The summed E-state index contributed by atoms with van der Waals surface area (Å²) in [4.78, 5) is 17.5. The van der Waals surface area contributed by atoms with Crippen molar-refractivity contribution >= 4 is 18.3 Å². The summed E-state index contributed by atoms with van der Waals surface area (Å²) in [6.45, 7) is 9.76. The topological polar surface area (TPSA) is 54.0 Å². The number of amides is 1. The summed E-state index contributed by atoms with van der Waals surface area (Å²) in [7, 11) is 0. The molecule has 1 aromatic carbocycles. The van der Waals surface area contributed by atoms with Crippen molar-refractivity contribution in [2.24, 2.45) is 0 Å². The predicted molar refractivity (Wildman–Crippen MR) is 109 cm³/mol. The molecule has 27 heavy (non-hydrogen) atoms. The van der Waals surface area contributed by atoms with Crippen LogP contribution in [0.15, 0.2) is 24.3 Å². The van der Waals surface area contributed by atoms with E-state index in [0.29, 0.717) is 19.1 Å². The second-order valence-corrected chi connectivity index (χ2v) is 6.94. The average molecular weight is 398 g/mol. The van der Waals surface area contributed by atoms with Crippen LogP contribution in [-0.2, 0) is 16.0 Å². The van der Waals surface area contributed by atoms with Gasteiger partial charge in [-0.25, -0.2) is 0 Å². The van der Waals surface area contributed by atoms with Crippen LogP contribution >= 0.6 is 12.4 Å². The molecule has 0 aliphatic carbocycles. The van der Waals surface area contributed by atoms with Crippen LogP contribution in [0.3, 0.4) is 0 Å². The number of carbonyl (C=O) groups is 1. The Morgan fingerprint density at radius 2 is 2.04 bits per heavy atom. The normalized spacial score (nSPS) is 20.1. The molecule has 2 fully saturated rings. The maximum absolute atomic E-state index is 13.0. The summed E-state index contributed by atoms with van der Waals surface area (Å²) in [5.74, 6) is 1.07. The van der Waals surface area contributed by atoms with E-state index in [1.807, 2.05) is 31.2 Å². The summed E-state index contributed by atoms with van der Waals surface area (Å²) in [6, 6.07) is 8.19. The molecule has 0 aromatic heterocycles. The van der Waals surface area contributed by atoms with Crippen LogP contribution in [0, 0.1) is 0 Å². The van der Waals surface area contributed by atoms with Gasteiger partial charge in [0.25, 0.3) is 0 Å². The van der Waals surface area contributed by atoms with E-state index in [4.69, 9.17) is 9.47 Å². The summed E-state index contributed by atoms with van der Waals surface area (Å²) >= 11 is 0. The number of halogens is 1. The van der Waals surface area contributed by atoms with Crippen LogP contribution in [-0.4, -0.2) is 80.8 Å². The van der Waals surface area contributed by atoms with Crippen molar-refractivity contribution in [3.8, 4) is 5.75 Å². The van der Waals surface area contributed by atoms with E-state index in [1.165, 1.54) is 0 Å². The molecule has 0 spiro atoms. The Bertz CT molecular complexity index is 558. The Kier molecular flexibility index (Phi) is 9.34. The Morgan fingerprint density at radius 1 is 1.30 bits per heavy atom. The van der Waals surface area contributed by atoms with Crippen LogP contribution in [0.1, 0.15) is 18.9 Å². The highest BCUT2D eigenvalue weighted by atomic mass is 35.5. The molecule has 1 aromatic rings. The largest absolute Gasteiger partial charge is 0.494 e. The van der Waals surface area contributed by atoms with Gasteiger partial charge in [0.15, 0.2) is 0 Å². The van der Waals surface area contributed by atoms with E-state index < -0.39 is 0 Å². The second-order valence-electron chi connectivity index (χ2n) is 6.94. The molecule has 1 N–H and O–H groups in total. The van der Waals surface area contributed by atoms with Crippen molar-refractivity contribution < 1.29 is 14.3 Å². The van der Waals surface area contributed by atoms with Crippen LogP contribution in [0.4, 0.5) is 0 Å². The van der Waals surface area contributed by atoms with Crippen molar-refractivity contribution in [2.75, 3.05) is 59.1 Å². The molecule has 7 heteroatoms. The quantitative estimate of drug-likeness (QED) is 0.721. The van der Waals surface area contributed by atoms with Crippen molar-refractivity contribution in [3.63, 3.8) is 0 Å². The van der Waals surface area contributed by atoms with Crippen LogP contribution in [0.2, 0.25) is 0 Å². The first kappa shape index (κ1) is 22.0. The zero-order valence-corrected chi connectivity index (χ0v) is 17.0. The first-order chi connectivity index (χ1) is 12.8. The van der Waals surface area contributed by atoms with Gasteiger partial charge in [-0.3, -0.25) is 9.69 Å². The molecule has 1 amide bonds. The van der Waals surface area contributed by atoms with E-state index in [1.54, 1.807) is 0 Å². The Balaban J connectivity index is 0.00000261. The molecule has 1 unspecified atom stereocenters. The monoisotopic (exact) mass is 397 g/mol. The average Bonchev–Trinajstić information content (AvgIpc) is 3.19. The molecule has 0 saturated carbocycles. The lowest BCUT2D eigenvalue weighted by atomic mass is 10.1. The minimum atomic E-state index is 0. The fourth-order valence-corrected chi connectivity index (χ4v) is 3.64. The number of ether oxygens (including phenoxy) is 2. The number of carbonyl (C=O) groups excluding carboxylic acids is 1. The third-order valence-electron chi connectivity index (χ3n) is 5.15. The van der Waals surface area contributed by atoms with Gasteiger partial charge in [0, 0.05) is 38.8 Å². The minimum absolute atomic E-state index is 0. The molecule has 6 nitrogen and oxygen atoms in total. The van der Waals surface area contributed by atoms with Crippen LogP contribution in [0.5, 0.6) is 5.75 Å². The molecule has 2 aliphatic rings. The second kappa shape index (κ2) is 11.5. The number of morpholine rings is 1. The first-order valence-electron chi connectivity index (χ1n) is 9.78. The van der Waals surface area contributed by atoms with E-state index >= 15 is 0 Å². The summed E-state index contributed by atoms with van der Waals surface area (Å²) in [5, 5.41) is 3.39. The van der Waals surface area contributed by atoms with E-state index in [2.05, 4.69) is 15.1 Å². The lowest BCUT2D eigenvalue weighted by molar-refractivity contribution is -0.132. The highest BCUT2D eigenvalue weighted by Crippen LogP contribution is 2.15. The molecule has 3 rings (SSSR count). The number of hydrogen-bond donors (Lipinski definition) is 1. The van der Waals surface area contributed by atoms with Crippen molar-refractivity contribution in [1.29, 1.82) is 0 Å². The number of rotatable bonds is 8. The fourth-order valence-electron chi connectivity index (χ4n) is 3.64. The maximum atomic E-state index is 13.0. The molecule has 152 valence electrons. The zero-order chi connectivity index (χ0) is 18.2. The van der Waals surface area contributed by atoms with Gasteiger partial charge in [-0.05, 0) is 37.6 Å². The number of nitrogens with zero attached hydrogens (tertiary/aromatic N) is 2. The molecular weight excluding hydrogens is 366 g/mol. The standard InChI is InChI=1S/C20H31N3O3.ClH/c1-2-26-19-5-3-17(4-6-19)15-20(24)23(18-7-8-21-16-18)10-9-22-11-13-25-14-12-22;/h3-6,18,21H,2,7-16H2,1H3;1H. The van der Waals surface area contributed by atoms with E-state index in [-0.39, 0.29) is 18.3 Å². The third kappa shape index (κ3) is 6.64. The molecule has 2 heterocycles. The summed E-state index contributed by atoms with van der Waals surface area (Å²) < 4.78 is 10.9. The van der Waals surface area contributed by atoms with Crippen LogP contribution in [0.25, 0.3) is 0 Å². The number of hydrogen-bond acceptors (Lipinski definition) is 5. The Labute approximate surface area is 168 Å². The Morgan fingerprint density at radius 3 is 2.67 bits per heavy atom. The van der Waals surface area contributed by atoms with Gasteiger partial charge in [0.05, 0.1) is 26.2 Å². The number of nitrogens with one attached hydrogen (secondary N) is 1. The maximum Gasteiger partial charge on any atom is 0.227 e. The Hall–Kier alpha value is -1.34. The third-order valence-corrected chi connectivity index (χ3v) is 5.15. The molecule has 0 radical (unpaired) electrons. The summed E-state index contributed by atoms with van der Waals surface area (Å²) in [6.07, 6.45) is 1.49. The van der Waals surface area contributed by atoms with Crippen molar-refractivity contribution in [1.82, 2.24) is 15.1 Å². The molecule has 1 atom stereocenters. The van der Waals surface area contributed by atoms with Crippen molar-refractivity contribution in [2.45, 2.75) is 25.8 Å². The van der Waals surface area contributed by atoms with Gasteiger partial charge in [0.1, 0.15) is 5.75 Å². The summed E-state index contributed by atoms with van der Waals surface area (Å²) in [5.41, 5.74) is 1.04. The zero-order valence-electron chi connectivity index (χ0n) is 16.2. The SMILES string of the molecule is CCOc1ccc(CC(=O)N(CCN2CCOCC2)C2CCNC2)cc1.Cl. The van der Waals surface area contributed by atoms with Crippen LogP contribution < -0.4 is 10.1 Å². The smallest absolute Gasteiger partial charge is 0.227 e. The fraction of sp³-hybridized carbons (Fsp3) is 0.650. The highest BCUT2D eigenvalue weighted by Gasteiger charge is 2.27. The molecule has 0 bridgehead atoms. The van der Waals surface area contributed by atoms with Crippen molar-refractivity contribution in [3.05, 3.63) is 29.8 Å². The van der Waals surface area contributed by atoms with Gasteiger partial charge in [-0.1, -0.05) is 12.1 Å². The lowest BCUT2D eigenvalue weighted by Crippen LogP contribution is -2.48. The molecule has 2 aliphatic heterocycles. The van der Waals surface area contributed by atoms with Gasteiger partial charge in [-0.15, -0.1) is 12.4 Å². The predicted octanol–water partition coefficient (Wildman–Crippen LogP) is 1.57. The van der Waals surface area contributed by atoms with Gasteiger partial charge < -0.3 is 19.7 Å². The van der Waals surface area contributed by atoms with Gasteiger partial charge in [-0.2, -0.15) is 0 Å². The van der Waals surface area contributed by atoms with E-state index in [9.17, 15) is 4.79 Å².